The Morgan fingerprint density at radius 1 is 1.21 bits per heavy atom. The van der Waals surface area contributed by atoms with E-state index in [0.29, 0.717) is 23.7 Å². The summed E-state index contributed by atoms with van der Waals surface area (Å²) in [5, 5.41) is 10.6. The number of hydrogen-bond donors (Lipinski definition) is 2. The van der Waals surface area contributed by atoms with Crippen LogP contribution < -0.4 is 10.6 Å². The molecule has 0 atom stereocenters. The largest absolute Gasteiger partial charge is 0.364 e. The number of carbonyl (C=O) groups is 1. The summed E-state index contributed by atoms with van der Waals surface area (Å²) in [7, 11) is 0. The molecule has 2 aromatic rings. The lowest BCUT2D eigenvalue weighted by Crippen LogP contribution is -2.52. The maximum Gasteiger partial charge on any atom is 0.252 e. The third kappa shape index (κ3) is 6.20. The topological polar surface area (TPSA) is 86.0 Å². The molecule has 1 aromatic carbocycles. The number of amides is 1. The third-order valence-electron chi connectivity index (χ3n) is 4.66. The molecule has 3 rings (SSSR count). The van der Waals surface area contributed by atoms with Crippen molar-refractivity contribution in [3.8, 4) is 0 Å². The molecular weight excluding hydrogens is 392 g/mol. The molecule has 8 nitrogen and oxygen atoms in total. The first kappa shape index (κ1) is 21.1. The highest BCUT2D eigenvalue weighted by atomic mass is 35.5. The van der Waals surface area contributed by atoms with Crippen molar-refractivity contribution >= 4 is 23.5 Å². The van der Waals surface area contributed by atoms with E-state index in [1.54, 1.807) is 30.5 Å². The molecule has 2 N–H and O–H groups in total. The number of hydrogen-bond acceptors (Lipinski definition) is 5. The highest BCUT2D eigenvalue weighted by Gasteiger charge is 2.20. The number of rotatable bonds is 7. The average molecular weight is 419 g/mol. The SMILES string of the molecule is CCNC(=NCCNC(=O)c1ccccc1Cl)N1CCN(Cc2ccon2)CC1. The van der Waals surface area contributed by atoms with Gasteiger partial charge in [-0.3, -0.25) is 14.7 Å². The molecule has 0 radical (unpaired) electrons. The summed E-state index contributed by atoms with van der Waals surface area (Å²) >= 11 is 6.06. The number of aromatic nitrogens is 1. The van der Waals surface area contributed by atoms with Gasteiger partial charge in [0.2, 0.25) is 0 Å². The van der Waals surface area contributed by atoms with Gasteiger partial charge < -0.3 is 20.1 Å². The van der Waals surface area contributed by atoms with Gasteiger partial charge in [-0.15, -0.1) is 0 Å². The molecule has 1 aromatic heterocycles. The molecule has 1 aliphatic rings. The van der Waals surface area contributed by atoms with E-state index in [0.717, 1.165) is 50.9 Å². The third-order valence-corrected chi connectivity index (χ3v) is 4.99. The first-order chi connectivity index (χ1) is 14.2. The zero-order chi connectivity index (χ0) is 20.5. The van der Waals surface area contributed by atoms with Crippen LogP contribution >= 0.6 is 11.6 Å². The van der Waals surface area contributed by atoms with Gasteiger partial charge in [-0.25, -0.2) is 0 Å². The minimum absolute atomic E-state index is 0.183. The second kappa shape index (κ2) is 10.8. The summed E-state index contributed by atoms with van der Waals surface area (Å²) in [6.45, 7) is 8.22. The number of benzene rings is 1. The number of carbonyl (C=O) groups excluding carboxylic acids is 1. The van der Waals surface area contributed by atoms with E-state index in [2.05, 4.69) is 37.5 Å². The molecule has 1 amide bonds. The lowest BCUT2D eigenvalue weighted by Gasteiger charge is -2.36. The van der Waals surface area contributed by atoms with E-state index in [1.807, 2.05) is 6.07 Å². The number of nitrogens with one attached hydrogen (secondary N) is 2. The van der Waals surface area contributed by atoms with Crippen LogP contribution in [-0.2, 0) is 6.54 Å². The molecule has 29 heavy (non-hydrogen) atoms. The van der Waals surface area contributed by atoms with E-state index >= 15 is 0 Å². The second-order valence-electron chi connectivity index (χ2n) is 6.73. The fraction of sp³-hybridized carbons (Fsp3) is 0.450. The lowest BCUT2D eigenvalue weighted by molar-refractivity contribution is 0.0955. The van der Waals surface area contributed by atoms with Gasteiger partial charge in [0.15, 0.2) is 5.96 Å². The Kier molecular flexibility index (Phi) is 7.89. The summed E-state index contributed by atoms with van der Waals surface area (Å²) in [5.74, 6) is 0.692. The molecule has 0 saturated carbocycles. The quantitative estimate of drug-likeness (QED) is 0.405. The van der Waals surface area contributed by atoms with Crippen molar-refractivity contribution in [2.45, 2.75) is 13.5 Å². The zero-order valence-electron chi connectivity index (χ0n) is 16.6. The van der Waals surface area contributed by atoms with E-state index in [9.17, 15) is 4.79 Å². The standard InChI is InChI=1S/C20H27ClN6O2/c1-2-22-20(24-9-8-23-19(28)17-5-3-4-6-18(17)21)27-12-10-26(11-13-27)15-16-7-14-29-25-16/h3-7,14H,2,8-13,15H2,1H3,(H,22,24)(H,23,28). The Morgan fingerprint density at radius 2 is 2.00 bits per heavy atom. The predicted octanol–water partition coefficient (Wildman–Crippen LogP) is 1.84. The maximum atomic E-state index is 12.2. The lowest BCUT2D eigenvalue weighted by atomic mass is 10.2. The van der Waals surface area contributed by atoms with Gasteiger partial charge in [-0.05, 0) is 19.1 Å². The number of halogens is 1. The van der Waals surface area contributed by atoms with Crippen molar-refractivity contribution in [1.29, 1.82) is 0 Å². The molecule has 1 fully saturated rings. The maximum absolute atomic E-state index is 12.2. The van der Waals surface area contributed by atoms with Crippen LogP contribution in [-0.4, -0.2) is 72.6 Å². The number of aliphatic imine (C=N–C) groups is 1. The van der Waals surface area contributed by atoms with Crippen molar-refractivity contribution < 1.29 is 9.32 Å². The Bertz CT molecular complexity index is 803. The minimum atomic E-state index is -0.183. The molecule has 2 heterocycles. The van der Waals surface area contributed by atoms with Crippen LogP contribution in [0.5, 0.6) is 0 Å². The van der Waals surface area contributed by atoms with Crippen molar-refractivity contribution in [1.82, 2.24) is 25.6 Å². The average Bonchev–Trinajstić information content (AvgIpc) is 3.24. The fourth-order valence-electron chi connectivity index (χ4n) is 3.16. The summed E-state index contributed by atoms with van der Waals surface area (Å²) in [4.78, 5) is 21.5. The zero-order valence-corrected chi connectivity index (χ0v) is 17.4. The van der Waals surface area contributed by atoms with Crippen LogP contribution in [0.1, 0.15) is 23.0 Å². The van der Waals surface area contributed by atoms with E-state index < -0.39 is 0 Å². The first-order valence-electron chi connectivity index (χ1n) is 9.85. The Hall–Kier alpha value is -2.58. The van der Waals surface area contributed by atoms with Crippen molar-refractivity contribution in [2.24, 2.45) is 4.99 Å². The Labute approximate surface area is 175 Å². The van der Waals surface area contributed by atoms with Crippen LogP contribution in [0.25, 0.3) is 0 Å². The normalized spacial score (nSPS) is 15.4. The number of guanidine groups is 1. The van der Waals surface area contributed by atoms with Gasteiger partial charge in [0.1, 0.15) is 6.26 Å². The molecule has 0 spiro atoms. The van der Waals surface area contributed by atoms with Crippen LogP contribution in [0.2, 0.25) is 5.02 Å². The summed E-state index contributed by atoms with van der Waals surface area (Å²) in [6.07, 6.45) is 1.60. The summed E-state index contributed by atoms with van der Waals surface area (Å²) in [5.41, 5.74) is 1.43. The molecule has 1 aliphatic heterocycles. The molecule has 1 saturated heterocycles. The highest BCUT2D eigenvalue weighted by molar-refractivity contribution is 6.33. The molecular formula is C20H27ClN6O2. The van der Waals surface area contributed by atoms with Gasteiger partial charge in [0.25, 0.3) is 5.91 Å². The van der Waals surface area contributed by atoms with Gasteiger partial charge in [-0.2, -0.15) is 0 Å². The molecule has 0 bridgehead atoms. The van der Waals surface area contributed by atoms with E-state index in [1.165, 1.54) is 0 Å². The Morgan fingerprint density at radius 3 is 2.69 bits per heavy atom. The molecule has 156 valence electrons. The second-order valence-corrected chi connectivity index (χ2v) is 7.13. The van der Waals surface area contributed by atoms with Gasteiger partial charge in [0.05, 0.1) is 22.8 Å². The smallest absolute Gasteiger partial charge is 0.252 e. The molecule has 9 heteroatoms. The number of nitrogens with zero attached hydrogens (tertiary/aromatic N) is 4. The van der Waals surface area contributed by atoms with Gasteiger partial charge in [0, 0.05) is 51.9 Å². The highest BCUT2D eigenvalue weighted by Crippen LogP contribution is 2.14. The van der Waals surface area contributed by atoms with Crippen molar-refractivity contribution in [3.05, 3.63) is 52.9 Å². The fourth-order valence-corrected chi connectivity index (χ4v) is 3.39. The first-order valence-corrected chi connectivity index (χ1v) is 10.2. The van der Waals surface area contributed by atoms with Crippen LogP contribution in [0.4, 0.5) is 0 Å². The molecule has 0 unspecified atom stereocenters. The van der Waals surface area contributed by atoms with Gasteiger partial charge in [-0.1, -0.05) is 28.9 Å². The predicted molar refractivity (Wildman–Crippen MR) is 113 cm³/mol. The minimum Gasteiger partial charge on any atom is -0.364 e. The van der Waals surface area contributed by atoms with E-state index in [4.69, 9.17) is 16.1 Å². The Balaban J connectivity index is 1.46. The summed E-state index contributed by atoms with van der Waals surface area (Å²) < 4.78 is 4.90. The number of piperazine rings is 1. The molecule has 0 aliphatic carbocycles. The van der Waals surface area contributed by atoms with Crippen molar-refractivity contribution in [3.63, 3.8) is 0 Å². The van der Waals surface area contributed by atoms with Crippen molar-refractivity contribution in [2.75, 3.05) is 45.8 Å². The van der Waals surface area contributed by atoms with Crippen LogP contribution in [0, 0.1) is 0 Å². The van der Waals surface area contributed by atoms with Crippen LogP contribution in [0.3, 0.4) is 0 Å². The van der Waals surface area contributed by atoms with Gasteiger partial charge >= 0.3 is 0 Å². The van der Waals surface area contributed by atoms with Crippen LogP contribution in [0.15, 0.2) is 46.1 Å². The van der Waals surface area contributed by atoms with E-state index in [-0.39, 0.29) is 5.91 Å². The monoisotopic (exact) mass is 418 g/mol. The summed E-state index contributed by atoms with van der Waals surface area (Å²) in [6, 6.07) is 8.92.